The molecule has 0 spiro atoms. The van der Waals surface area contributed by atoms with E-state index in [1.54, 1.807) is 0 Å². The number of ether oxygens (including phenoxy) is 1. The van der Waals surface area contributed by atoms with Crippen LogP contribution in [0.1, 0.15) is 25.3 Å². The summed E-state index contributed by atoms with van der Waals surface area (Å²) in [4.78, 5) is 14.3. The summed E-state index contributed by atoms with van der Waals surface area (Å²) in [6.45, 7) is 5.45. The van der Waals surface area contributed by atoms with Crippen LogP contribution in [0.25, 0.3) is 0 Å². The number of likely N-dealkylation sites (tertiary alicyclic amines) is 1. The highest BCUT2D eigenvalue weighted by molar-refractivity contribution is 5.81. The summed E-state index contributed by atoms with van der Waals surface area (Å²) in [5, 5.41) is 3.25. The van der Waals surface area contributed by atoms with E-state index in [-0.39, 0.29) is 5.91 Å². The van der Waals surface area contributed by atoms with Crippen molar-refractivity contribution in [3.05, 3.63) is 29.8 Å². The number of hydrogen-bond acceptors (Lipinski definition) is 3. The molecular formula is C16H24N2O2. The van der Waals surface area contributed by atoms with Crippen molar-refractivity contribution in [1.29, 1.82) is 0 Å². The number of carbonyl (C=O) groups is 1. The molecule has 2 unspecified atom stereocenters. The van der Waals surface area contributed by atoms with Crippen molar-refractivity contribution in [2.24, 2.45) is 0 Å². The van der Waals surface area contributed by atoms with Crippen molar-refractivity contribution in [2.45, 2.75) is 38.8 Å². The number of carbonyl (C=O) groups excluding carboxylic acids is 1. The summed E-state index contributed by atoms with van der Waals surface area (Å²) in [6.07, 6.45) is 1.74. The normalized spacial score (nSPS) is 20.6. The minimum absolute atomic E-state index is 0.0754. The highest BCUT2D eigenvalue weighted by Crippen LogP contribution is 2.17. The van der Waals surface area contributed by atoms with Crippen LogP contribution in [0.15, 0.2) is 24.3 Å². The van der Waals surface area contributed by atoms with Gasteiger partial charge in [0.25, 0.3) is 5.91 Å². The van der Waals surface area contributed by atoms with Crippen molar-refractivity contribution in [3.63, 3.8) is 0 Å². The lowest BCUT2D eigenvalue weighted by Gasteiger charge is -2.34. The predicted octanol–water partition coefficient (Wildman–Crippen LogP) is 1.97. The number of hydrogen-bond donors (Lipinski definition) is 1. The predicted molar refractivity (Wildman–Crippen MR) is 79.9 cm³/mol. The number of nitrogens with one attached hydrogen (secondary N) is 1. The van der Waals surface area contributed by atoms with Crippen LogP contribution in [-0.4, -0.2) is 43.1 Å². The summed E-state index contributed by atoms with van der Waals surface area (Å²) >= 11 is 0. The molecule has 4 nitrogen and oxygen atoms in total. The molecule has 1 heterocycles. The maximum absolute atomic E-state index is 12.4. The Morgan fingerprint density at radius 1 is 1.50 bits per heavy atom. The Morgan fingerprint density at radius 3 is 3.00 bits per heavy atom. The molecule has 4 heteroatoms. The summed E-state index contributed by atoms with van der Waals surface area (Å²) in [6, 6.07) is 8.21. The molecule has 1 aliphatic rings. The van der Waals surface area contributed by atoms with Crippen molar-refractivity contribution in [3.8, 4) is 5.75 Å². The molecule has 110 valence electrons. The third-order valence-electron chi connectivity index (χ3n) is 3.79. The third-order valence-corrected chi connectivity index (χ3v) is 3.79. The van der Waals surface area contributed by atoms with E-state index in [0.29, 0.717) is 6.04 Å². The van der Waals surface area contributed by atoms with Crippen LogP contribution in [-0.2, 0) is 4.79 Å². The second-order valence-corrected chi connectivity index (χ2v) is 5.49. The summed E-state index contributed by atoms with van der Waals surface area (Å²) in [5.74, 6) is 0.833. The van der Waals surface area contributed by atoms with Gasteiger partial charge in [-0.3, -0.25) is 4.79 Å². The molecular weight excluding hydrogens is 252 g/mol. The van der Waals surface area contributed by atoms with E-state index in [1.165, 1.54) is 0 Å². The van der Waals surface area contributed by atoms with Gasteiger partial charge >= 0.3 is 0 Å². The monoisotopic (exact) mass is 276 g/mol. The van der Waals surface area contributed by atoms with Gasteiger partial charge in [0.15, 0.2) is 6.10 Å². The van der Waals surface area contributed by atoms with Gasteiger partial charge in [-0.15, -0.1) is 0 Å². The molecule has 1 fully saturated rings. The Kier molecular flexibility index (Phi) is 5.01. The lowest BCUT2D eigenvalue weighted by Crippen LogP contribution is -2.50. The first-order chi connectivity index (χ1) is 9.60. The molecule has 1 saturated heterocycles. The Hall–Kier alpha value is -1.55. The van der Waals surface area contributed by atoms with E-state index in [2.05, 4.69) is 5.32 Å². The maximum atomic E-state index is 12.4. The maximum Gasteiger partial charge on any atom is 0.263 e. The van der Waals surface area contributed by atoms with E-state index in [1.807, 2.05) is 50.1 Å². The molecule has 0 aliphatic carbocycles. The molecule has 1 aromatic carbocycles. The van der Waals surface area contributed by atoms with Gasteiger partial charge in [0, 0.05) is 19.1 Å². The number of likely N-dealkylation sites (N-methyl/N-ethyl adjacent to an activating group) is 1. The van der Waals surface area contributed by atoms with Crippen LogP contribution in [0.3, 0.4) is 0 Å². The molecule has 1 amide bonds. The second-order valence-electron chi connectivity index (χ2n) is 5.49. The second kappa shape index (κ2) is 6.75. The molecule has 0 radical (unpaired) electrons. The van der Waals surface area contributed by atoms with Crippen LogP contribution in [0, 0.1) is 6.92 Å². The van der Waals surface area contributed by atoms with E-state index >= 15 is 0 Å². The lowest BCUT2D eigenvalue weighted by molar-refractivity contribution is -0.139. The Labute approximate surface area is 121 Å². The number of benzene rings is 1. The van der Waals surface area contributed by atoms with Crippen molar-refractivity contribution in [1.82, 2.24) is 10.2 Å². The van der Waals surface area contributed by atoms with Gasteiger partial charge in [0.05, 0.1) is 0 Å². The zero-order valence-corrected chi connectivity index (χ0v) is 12.6. The molecule has 2 rings (SSSR count). The Bertz CT molecular complexity index is 462. The first kappa shape index (κ1) is 14.9. The SMILES string of the molecule is CNC1CCCN(C(=O)C(C)Oc2cccc(C)c2)C1. The molecule has 0 saturated carbocycles. The fraction of sp³-hybridized carbons (Fsp3) is 0.562. The fourth-order valence-electron chi connectivity index (χ4n) is 2.61. The van der Waals surface area contributed by atoms with Gasteiger partial charge < -0.3 is 15.0 Å². The lowest BCUT2D eigenvalue weighted by atomic mass is 10.1. The summed E-state index contributed by atoms with van der Waals surface area (Å²) < 4.78 is 5.77. The zero-order valence-electron chi connectivity index (χ0n) is 12.6. The van der Waals surface area contributed by atoms with Gasteiger partial charge in [0.1, 0.15) is 5.75 Å². The minimum atomic E-state index is -0.438. The van der Waals surface area contributed by atoms with Crippen LogP contribution in [0.5, 0.6) is 5.75 Å². The Balaban J connectivity index is 1.94. The van der Waals surface area contributed by atoms with Gasteiger partial charge in [-0.25, -0.2) is 0 Å². The number of rotatable bonds is 4. The standard InChI is InChI=1S/C16H24N2O2/c1-12-6-4-8-15(10-12)20-13(2)16(19)18-9-5-7-14(11-18)17-3/h4,6,8,10,13-14,17H,5,7,9,11H2,1-3H3. The molecule has 1 N–H and O–H groups in total. The van der Waals surface area contributed by atoms with Gasteiger partial charge in [-0.2, -0.15) is 0 Å². The van der Waals surface area contributed by atoms with Crippen molar-refractivity contribution in [2.75, 3.05) is 20.1 Å². The first-order valence-corrected chi connectivity index (χ1v) is 7.29. The van der Waals surface area contributed by atoms with Crippen LogP contribution >= 0.6 is 0 Å². The van der Waals surface area contributed by atoms with E-state index in [4.69, 9.17) is 4.74 Å². The Morgan fingerprint density at radius 2 is 2.30 bits per heavy atom. The average molecular weight is 276 g/mol. The fourth-order valence-corrected chi connectivity index (χ4v) is 2.61. The van der Waals surface area contributed by atoms with E-state index < -0.39 is 6.10 Å². The smallest absolute Gasteiger partial charge is 0.263 e. The molecule has 2 atom stereocenters. The first-order valence-electron chi connectivity index (χ1n) is 7.29. The largest absolute Gasteiger partial charge is 0.481 e. The minimum Gasteiger partial charge on any atom is -0.481 e. The average Bonchev–Trinajstić information content (AvgIpc) is 2.46. The quantitative estimate of drug-likeness (QED) is 0.914. The number of aryl methyl sites for hydroxylation is 1. The molecule has 1 aliphatic heterocycles. The van der Waals surface area contributed by atoms with Crippen molar-refractivity contribution < 1.29 is 9.53 Å². The summed E-state index contributed by atoms with van der Waals surface area (Å²) in [7, 11) is 1.95. The number of nitrogens with zero attached hydrogens (tertiary/aromatic N) is 1. The third kappa shape index (κ3) is 3.73. The van der Waals surface area contributed by atoms with E-state index in [0.717, 1.165) is 37.2 Å². The van der Waals surface area contributed by atoms with Gasteiger partial charge in [-0.05, 0) is 51.4 Å². The highest BCUT2D eigenvalue weighted by Gasteiger charge is 2.27. The van der Waals surface area contributed by atoms with Crippen LogP contribution < -0.4 is 10.1 Å². The number of piperidine rings is 1. The molecule has 0 aromatic heterocycles. The van der Waals surface area contributed by atoms with Crippen LogP contribution in [0.2, 0.25) is 0 Å². The molecule has 1 aromatic rings. The molecule has 20 heavy (non-hydrogen) atoms. The van der Waals surface area contributed by atoms with E-state index in [9.17, 15) is 4.79 Å². The summed E-state index contributed by atoms with van der Waals surface area (Å²) in [5.41, 5.74) is 1.13. The van der Waals surface area contributed by atoms with Crippen LogP contribution in [0.4, 0.5) is 0 Å². The topological polar surface area (TPSA) is 41.6 Å². The molecule has 0 bridgehead atoms. The van der Waals surface area contributed by atoms with Gasteiger partial charge in [0.2, 0.25) is 0 Å². The zero-order chi connectivity index (χ0) is 14.5. The number of amides is 1. The van der Waals surface area contributed by atoms with Gasteiger partial charge in [-0.1, -0.05) is 12.1 Å². The highest BCUT2D eigenvalue weighted by atomic mass is 16.5. The van der Waals surface area contributed by atoms with Crippen molar-refractivity contribution >= 4 is 5.91 Å².